The number of anilines is 3. The second-order valence-corrected chi connectivity index (χ2v) is 8.09. The van der Waals surface area contributed by atoms with Crippen LogP contribution in [0.2, 0.25) is 0 Å². The Hall–Kier alpha value is -3.41. The molecule has 0 aromatic heterocycles. The predicted octanol–water partition coefficient (Wildman–Crippen LogP) is 4.47. The topological polar surface area (TPSA) is 35.6 Å². The molecule has 158 valence electrons. The molecule has 2 unspecified atom stereocenters. The first-order chi connectivity index (χ1) is 15.1. The zero-order valence-electron chi connectivity index (χ0n) is 17.0. The number of nitrogens with one attached hydrogen (secondary N) is 1. The highest BCUT2D eigenvalue weighted by Crippen LogP contribution is 2.37. The van der Waals surface area contributed by atoms with E-state index in [2.05, 4.69) is 22.3 Å². The van der Waals surface area contributed by atoms with E-state index in [0.717, 1.165) is 11.3 Å². The fourth-order valence-electron chi connectivity index (χ4n) is 4.75. The molecule has 0 bridgehead atoms. The van der Waals surface area contributed by atoms with Gasteiger partial charge in [0.25, 0.3) is 0 Å². The Morgan fingerprint density at radius 1 is 0.871 bits per heavy atom. The van der Waals surface area contributed by atoms with Crippen LogP contribution in [0.5, 0.6) is 0 Å². The zero-order chi connectivity index (χ0) is 21.4. The third-order valence-electron chi connectivity index (χ3n) is 6.27. The van der Waals surface area contributed by atoms with Crippen LogP contribution in [-0.4, -0.2) is 31.6 Å². The number of benzene rings is 3. The van der Waals surface area contributed by atoms with Crippen molar-refractivity contribution in [2.75, 3.05) is 34.8 Å². The molecule has 0 saturated carbocycles. The Labute approximate surface area is 180 Å². The van der Waals surface area contributed by atoms with Gasteiger partial charge in [-0.2, -0.15) is 0 Å². The monoisotopic (exact) mass is 419 g/mol. The quantitative estimate of drug-likeness (QED) is 0.680. The van der Waals surface area contributed by atoms with Crippen LogP contribution < -0.4 is 15.1 Å². The molecule has 0 aliphatic carbocycles. The molecule has 2 aliphatic rings. The van der Waals surface area contributed by atoms with E-state index in [1.165, 1.54) is 18.2 Å². The van der Waals surface area contributed by atoms with Gasteiger partial charge in [0.05, 0.1) is 17.6 Å². The van der Waals surface area contributed by atoms with Crippen molar-refractivity contribution >= 4 is 23.0 Å². The molecule has 0 spiro atoms. The molecule has 1 fully saturated rings. The molecule has 2 aliphatic heterocycles. The highest BCUT2D eigenvalue weighted by atomic mass is 19.1. The van der Waals surface area contributed by atoms with Crippen LogP contribution in [0.1, 0.15) is 5.56 Å². The Morgan fingerprint density at radius 2 is 1.58 bits per heavy atom. The number of para-hydroxylation sites is 2. The van der Waals surface area contributed by atoms with Crippen LogP contribution >= 0.6 is 0 Å². The molecular weight excluding hydrogens is 396 g/mol. The summed E-state index contributed by atoms with van der Waals surface area (Å²) >= 11 is 0. The number of hydrogen-bond donors (Lipinski definition) is 1. The summed E-state index contributed by atoms with van der Waals surface area (Å²) in [4.78, 5) is 17.6. The lowest BCUT2D eigenvalue weighted by atomic mass is 9.83. The summed E-state index contributed by atoms with van der Waals surface area (Å²) in [5.74, 6) is -1.01. The van der Waals surface area contributed by atoms with Gasteiger partial charge in [0.15, 0.2) is 0 Å². The first-order valence-electron chi connectivity index (χ1n) is 10.5. The van der Waals surface area contributed by atoms with Crippen LogP contribution in [0.3, 0.4) is 0 Å². The van der Waals surface area contributed by atoms with Gasteiger partial charge in [0.2, 0.25) is 5.91 Å². The van der Waals surface area contributed by atoms with Crippen LogP contribution in [0.4, 0.5) is 25.8 Å². The molecule has 1 saturated heterocycles. The van der Waals surface area contributed by atoms with E-state index in [9.17, 15) is 13.6 Å². The summed E-state index contributed by atoms with van der Waals surface area (Å²) in [6, 6.07) is 20.6. The number of fused-ring (bicyclic) bond motifs is 3. The number of carbonyl (C=O) groups excluding carboxylic acids is 1. The number of piperazine rings is 1. The highest BCUT2D eigenvalue weighted by molar-refractivity contribution is 5.94. The van der Waals surface area contributed by atoms with E-state index in [-0.39, 0.29) is 29.5 Å². The number of hydrogen-bond acceptors (Lipinski definition) is 3. The first-order valence-corrected chi connectivity index (χ1v) is 10.5. The lowest BCUT2D eigenvalue weighted by Gasteiger charge is -2.49. The second kappa shape index (κ2) is 8.02. The molecule has 4 nitrogen and oxygen atoms in total. The van der Waals surface area contributed by atoms with Crippen LogP contribution in [0.15, 0.2) is 72.8 Å². The number of nitrogens with zero attached hydrogens (tertiary/aromatic N) is 2. The van der Waals surface area contributed by atoms with E-state index in [4.69, 9.17) is 0 Å². The van der Waals surface area contributed by atoms with Crippen molar-refractivity contribution in [3.63, 3.8) is 0 Å². The van der Waals surface area contributed by atoms with Gasteiger partial charge in [-0.15, -0.1) is 0 Å². The summed E-state index contributed by atoms with van der Waals surface area (Å²) in [6.45, 7) is 1.94. The van der Waals surface area contributed by atoms with Gasteiger partial charge in [-0.1, -0.05) is 30.3 Å². The summed E-state index contributed by atoms with van der Waals surface area (Å²) in [5, 5.41) is 2.94. The van der Waals surface area contributed by atoms with Gasteiger partial charge in [-0.25, -0.2) is 8.78 Å². The van der Waals surface area contributed by atoms with Crippen molar-refractivity contribution < 1.29 is 13.6 Å². The average molecular weight is 419 g/mol. The van der Waals surface area contributed by atoms with E-state index in [0.29, 0.717) is 37.4 Å². The first kappa shape index (κ1) is 19.5. The number of carbonyl (C=O) groups is 1. The van der Waals surface area contributed by atoms with Crippen molar-refractivity contribution in [1.29, 1.82) is 0 Å². The fraction of sp³-hybridized carbons (Fsp3) is 0.240. The fourth-order valence-corrected chi connectivity index (χ4v) is 4.75. The smallest absolute Gasteiger partial charge is 0.229 e. The van der Waals surface area contributed by atoms with Gasteiger partial charge in [0, 0.05) is 31.0 Å². The molecule has 3 aromatic rings. The molecule has 0 radical (unpaired) electrons. The highest BCUT2D eigenvalue weighted by Gasteiger charge is 2.41. The van der Waals surface area contributed by atoms with Gasteiger partial charge >= 0.3 is 0 Å². The molecular formula is C25H23F2N3O. The van der Waals surface area contributed by atoms with Crippen LogP contribution in [-0.2, 0) is 11.2 Å². The van der Waals surface area contributed by atoms with Crippen molar-refractivity contribution in [2.24, 2.45) is 5.92 Å². The maximum Gasteiger partial charge on any atom is 0.229 e. The van der Waals surface area contributed by atoms with Crippen molar-refractivity contribution in [3.8, 4) is 0 Å². The molecule has 1 N–H and O–H groups in total. The minimum Gasteiger partial charge on any atom is -0.365 e. The summed E-state index contributed by atoms with van der Waals surface area (Å²) in [7, 11) is 0. The minimum absolute atomic E-state index is 0.0938. The predicted molar refractivity (Wildman–Crippen MR) is 118 cm³/mol. The summed E-state index contributed by atoms with van der Waals surface area (Å²) < 4.78 is 27.7. The second-order valence-electron chi connectivity index (χ2n) is 8.09. The zero-order valence-corrected chi connectivity index (χ0v) is 17.0. The molecule has 5 rings (SSSR count). The van der Waals surface area contributed by atoms with Crippen molar-refractivity contribution in [2.45, 2.75) is 12.5 Å². The number of amides is 1. The van der Waals surface area contributed by atoms with Gasteiger partial charge in [-0.05, 0) is 54.4 Å². The van der Waals surface area contributed by atoms with E-state index in [1.807, 2.05) is 23.1 Å². The molecule has 1 amide bonds. The largest absolute Gasteiger partial charge is 0.365 e. The molecule has 3 aromatic carbocycles. The van der Waals surface area contributed by atoms with Crippen molar-refractivity contribution in [1.82, 2.24) is 0 Å². The van der Waals surface area contributed by atoms with Gasteiger partial charge in [-0.3, -0.25) is 4.79 Å². The van der Waals surface area contributed by atoms with Gasteiger partial charge < -0.3 is 15.1 Å². The van der Waals surface area contributed by atoms with Gasteiger partial charge in [0.1, 0.15) is 11.6 Å². The number of halogens is 2. The molecule has 31 heavy (non-hydrogen) atoms. The minimum atomic E-state index is -0.344. The third-order valence-corrected chi connectivity index (χ3v) is 6.27. The Balaban J connectivity index is 1.45. The Bertz CT molecular complexity index is 1100. The molecule has 2 heterocycles. The lowest BCUT2D eigenvalue weighted by molar-refractivity contribution is -0.120. The third kappa shape index (κ3) is 3.74. The van der Waals surface area contributed by atoms with Crippen LogP contribution in [0, 0.1) is 17.6 Å². The van der Waals surface area contributed by atoms with E-state index >= 15 is 0 Å². The number of rotatable bonds is 3. The SMILES string of the molecule is O=C(Nc1ccc(F)cc1)C1Cc2ccccc2N2CCN(c3ccccc3F)CC12. The normalized spacial score (nSPS) is 20.1. The standard InChI is InChI=1S/C25H23F2N3O/c26-18-9-11-19(12-10-18)28-25(31)20-15-17-5-1-3-7-22(17)30-14-13-29(16-24(20)30)23-8-4-2-6-21(23)27/h1-12,20,24H,13-16H2,(H,28,31). The Morgan fingerprint density at radius 3 is 2.35 bits per heavy atom. The maximum absolute atomic E-state index is 14.4. The Kier molecular flexibility index (Phi) is 5.06. The van der Waals surface area contributed by atoms with E-state index in [1.54, 1.807) is 24.3 Å². The maximum atomic E-state index is 14.4. The van der Waals surface area contributed by atoms with E-state index < -0.39 is 0 Å². The molecule has 6 heteroatoms. The van der Waals surface area contributed by atoms with Crippen LogP contribution in [0.25, 0.3) is 0 Å². The molecule has 2 atom stereocenters. The summed E-state index contributed by atoms with van der Waals surface area (Å²) in [5.41, 5.74) is 3.42. The lowest BCUT2D eigenvalue weighted by Crippen LogP contribution is -2.60. The average Bonchev–Trinajstić information content (AvgIpc) is 2.80. The summed E-state index contributed by atoms with van der Waals surface area (Å²) in [6.07, 6.45) is 0.607. The van der Waals surface area contributed by atoms with Crippen molar-refractivity contribution in [3.05, 3.63) is 90.0 Å².